The molecule has 0 amide bonds. The van der Waals surface area contributed by atoms with E-state index in [-0.39, 0.29) is 0 Å². The Morgan fingerprint density at radius 2 is 1.50 bits per heavy atom. The first-order valence-corrected chi connectivity index (χ1v) is 2.56. The number of allylic oxidation sites excluding steroid dienone is 2. The van der Waals surface area contributed by atoms with Crippen molar-refractivity contribution in [2.24, 2.45) is 0 Å². The SMILES string of the molecule is CC(C)=C(C)B(O)O. The van der Waals surface area contributed by atoms with E-state index in [9.17, 15) is 0 Å². The second-order valence-corrected chi connectivity index (χ2v) is 2.06. The quantitative estimate of drug-likeness (QED) is 0.483. The Morgan fingerprint density at radius 3 is 1.50 bits per heavy atom. The molecule has 0 aliphatic rings. The zero-order valence-electron chi connectivity index (χ0n) is 5.47. The Labute approximate surface area is 50.0 Å². The van der Waals surface area contributed by atoms with E-state index in [1.54, 1.807) is 6.92 Å². The predicted octanol–water partition coefficient (Wildman–Crippen LogP) is 0.355. The van der Waals surface area contributed by atoms with Gasteiger partial charge >= 0.3 is 7.12 Å². The van der Waals surface area contributed by atoms with Crippen LogP contribution in [-0.2, 0) is 0 Å². The van der Waals surface area contributed by atoms with Crippen LogP contribution in [0.4, 0.5) is 0 Å². The molecule has 2 nitrogen and oxygen atoms in total. The number of hydrogen-bond acceptors (Lipinski definition) is 2. The standard InChI is InChI=1S/C5H11BO2/c1-4(2)5(3)6(7)8/h7-8H,1-3H3. The molecule has 0 heterocycles. The third-order valence-corrected chi connectivity index (χ3v) is 1.18. The maximum atomic E-state index is 8.49. The third-order valence-electron chi connectivity index (χ3n) is 1.18. The fourth-order valence-corrected chi connectivity index (χ4v) is 0.258. The molecule has 0 bridgehead atoms. The zero-order valence-corrected chi connectivity index (χ0v) is 5.47. The molecule has 0 aromatic rings. The molecule has 0 rings (SSSR count). The van der Waals surface area contributed by atoms with Crippen LogP contribution in [-0.4, -0.2) is 17.2 Å². The molecule has 3 heteroatoms. The minimum absolute atomic E-state index is 0.630. The van der Waals surface area contributed by atoms with Crippen LogP contribution in [0.25, 0.3) is 0 Å². The Morgan fingerprint density at radius 1 is 1.12 bits per heavy atom. The maximum absolute atomic E-state index is 8.49. The number of rotatable bonds is 1. The van der Waals surface area contributed by atoms with Crippen LogP contribution < -0.4 is 0 Å². The fourth-order valence-electron chi connectivity index (χ4n) is 0.258. The predicted molar refractivity (Wildman–Crippen MR) is 34.2 cm³/mol. The summed E-state index contributed by atoms with van der Waals surface area (Å²) in [6.07, 6.45) is 0. The molecular formula is C5H11BO2. The highest BCUT2D eigenvalue weighted by atomic mass is 16.4. The molecule has 0 aromatic heterocycles. The van der Waals surface area contributed by atoms with Crippen LogP contribution in [0.2, 0.25) is 0 Å². The van der Waals surface area contributed by atoms with Crippen molar-refractivity contribution in [3.8, 4) is 0 Å². The molecule has 0 unspecified atom stereocenters. The lowest BCUT2D eigenvalue weighted by atomic mass is 9.78. The van der Waals surface area contributed by atoms with Crippen molar-refractivity contribution in [1.82, 2.24) is 0 Å². The third kappa shape index (κ3) is 2.14. The first kappa shape index (κ1) is 7.72. The molecule has 0 radical (unpaired) electrons. The van der Waals surface area contributed by atoms with E-state index in [0.717, 1.165) is 5.57 Å². The summed E-state index contributed by atoms with van der Waals surface area (Å²) in [5.74, 6) is 0. The van der Waals surface area contributed by atoms with E-state index in [1.165, 1.54) is 0 Å². The molecule has 8 heavy (non-hydrogen) atoms. The van der Waals surface area contributed by atoms with Crippen LogP contribution >= 0.6 is 0 Å². The normalized spacial score (nSPS) is 8.62. The lowest BCUT2D eigenvalue weighted by molar-refractivity contribution is 0.418. The molecule has 0 aliphatic carbocycles. The van der Waals surface area contributed by atoms with Gasteiger partial charge in [-0.25, -0.2) is 0 Å². The second kappa shape index (κ2) is 2.90. The van der Waals surface area contributed by atoms with Crippen molar-refractivity contribution >= 4 is 7.12 Å². The van der Waals surface area contributed by atoms with Gasteiger partial charge in [-0.3, -0.25) is 0 Å². The molecule has 2 N–H and O–H groups in total. The van der Waals surface area contributed by atoms with Crippen LogP contribution in [0, 0.1) is 0 Å². The summed E-state index contributed by atoms with van der Waals surface area (Å²) in [6.45, 7) is 5.38. The van der Waals surface area contributed by atoms with Crippen LogP contribution in [0.1, 0.15) is 20.8 Å². The smallest absolute Gasteiger partial charge is 0.423 e. The van der Waals surface area contributed by atoms with Gasteiger partial charge < -0.3 is 10.0 Å². The van der Waals surface area contributed by atoms with E-state index in [1.807, 2.05) is 13.8 Å². The van der Waals surface area contributed by atoms with Gasteiger partial charge in [0, 0.05) is 0 Å². The lowest BCUT2D eigenvalue weighted by Gasteiger charge is -1.98. The van der Waals surface area contributed by atoms with Crippen molar-refractivity contribution in [3.05, 3.63) is 11.0 Å². The molecule has 46 valence electrons. The molecule has 0 saturated carbocycles. The zero-order chi connectivity index (χ0) is 6.73. The summed E-state index contributed by atoms with van der Waals surface area (Å²) in [5, 5.41) is 17.0. The Bertz CT molecular complexity index is 103. The van der Waals surface area contributed by atoms with Crippen LogP contribution in [0.5, 0.6) is 0 Å². The largest absolute Gasteiger partial charge is 0.483 e. The van der Waals surface area contributed by atoms with Crippen molar-refractivity contribution in [2.45, 2.75) is 20.8 Å². The van der Waals surface area contributed by atoms with Gasteiger partial charge in [0.2, 0.25) is 0 Å². The van der Waals surface area contributed by atoms with Gasteiger partial charge in [0.1, 0.15) is 0 Å². The Hall–Kier alpha value is -0.275. The molecule has 0 aromatic carbocycles. The summed E-state index contributed by atoms with van der Waals surface area (Å²) in [6, 6.07) is 0. The van der Waals surface area contributed by atoms with Gasteiger partial charge in [-0.2, -0.15) is 0 Å². The average molecular weight is 114 g/mol. The minimum Gasteiger partial charge on any atom is -0.423 e. The first-order chi connectivity index (χ1) is 3.55. The summed E-state index contributed by atoms with van der Waals surface area (Å²) < 4.78 is 0. The van der Waals surface area contributed by atoms with Crippen molar-refractivity contribution in [3.63, 3.8) is 0 Å². The van der Waals surface area contributed by atoms with E-state index in [2.05, 4.69) is 0 Å². The summed E-state index contributed by atoms with van der Waals surface area (Å²) >= 11 is 0. The Balaban J connectivity index is 4.00. The molecule has 0 saturated heterocycles. The highest BCUT2D eigenvalue weighted by molar-refractivity contribution is 6.50. The molecule has 0 fully saturated rings. The van der Waals surface area contributed by atoms with Gasteiger partial charge in [0.25, 0.3) is 0 Å². The molecule has 0 spiro atoms. The van der Waals surface area contributed by atoms with Gasteiger partial charge in [-0.15, -0.1) is 0 Å². The first-order valence-electron chi connectivity index (χ1n) is 2.56. The summed E-state index contributed by atoms with van der Waals surface area (Å²) in [7, 11) is -1.28. The van der Waals surface area contributed by atoms with Crippen LogP contribution in [0.15, 0.2) is 11.0 Å². The average Bonchev–Trinajstić information content (AvgIpc) is 1.64. The molecule has 0 aliphatic heterocycles. The van der Waals surface area contributed by atoms with E-state index in [0.29, 0.717) is 5.47 Å². The number of hydrogen-bond donors (Lipinski definition) is 2. The Kier molecular flexibility index (Phi) is 2.80. The second-order valence-electron chi connectivity index (χ2n) is 2.06. The topological polar surface area (TPSA) is 40.5 Å². The lowest BCUT2D eigenvalue weighted by Crippen LogP contribution is -2.13. The van der Waals surface area contributed by atoms with Crippen molar-refractivity contribution in [1.29, 1.82) is 0 Å². The fraction of sp³-hybridized carbons (Fsp3) is 0.600. The summed E-state index contributed by atoms with van der Waals surface area (Å²) in [4.78, 5) is 0. The monoisotopic (exact) mass is 114 g/mol. The van der Waals surface area contributed by atoms with E-state index < -0.39 is 7.12 Å². The van der Waals surface area contributed by atoms with Gasteiger partial charge in [0.05, 0.1) is 0 Å². The highest BCUT2D eigenvalue weighted by Crippen LogP contribution is 2.01. The molecule has 0 atom stereocenters. The molecular weight excluding hydrogens is 103 g/mol. The highest BCUT2D eigenvalue weighted by Gasteiger charge is 2.09. The van der Waals surface area contributed by atoms with E-state index >= 15 is 0 Å². The van der Waals surface area contributed by atoms with Crippen molar-refractivity contribution < 1.29 is 10.0 Å². The minimum atomic E-state index is -1.28. The van der Waals surface area contributed by atoms with Crippen molar-refractivity contribution in [2.75, 3.05) is 0 Å². The maximum Gasteiger partial charge on any atom is 0.483 e. The van der Waals surface area contributed by atoms with E-state index in [4.69, 9.17) is 10.0 Å². The van der Waals surface area contributed by atoms with Gasteiger partial charge in [0.15, 0.2) is 0 Å². The summed E-state index contributed by atoms with van der Waals surface area (Å²) in [5.41, 5.74) is 1.59. The van der Waals surface area contributed by atoms with Gasteiger partial charge in [-0.05, 0) is 26.2 Å². The van der Waals surface area contributed by atoms with Crippen LogP contribution in [0.3, 0.4) is 0 Å². The van der Waals surface area contributed by atoms with Gasteiger partial charge in [-0.1, -0.05) is 5.57 Å².